The number of aromatic carboxylic acids is 1. The molecule has 0 saturated carbocycles. The Morgan fingerprint density at radius 2 is 1.95 bits per heavy atom. The molecule has 0 unspecified atom stereocenters. The zero-order valence-electron chi connectivity index (χ0n) is 10.6. The fourth-order valence-corrected chi connectivity index (χ4v) is 1.75. The van der Waals surface area contributed by atoms with Gasteiger partial charge in [0.1, 0.15) is 5.76 Å². The number of amides is 1. The van der Waals surface area contributed by atoms with E-state index < -0.39 is 5.97 Å². The van der Waals surface area contributed by atoms with Crippen LogP contribution in [0.3, 0.4) is 0 Å². The zero-order chi connectivity index (χ0) is 14.0. The summed E-state index contributed by atoms with van der Waals surface area (Å²) >= 11 is 0. The van der Waals surface area contributed by atoms with Crippen LogP contribution in [-0.4, -0.2) is 17.0 Å². The number of rotatable bonds is 3. The molecule has 19 heavy (non-hydrogen) atoms. The molecule has 98 valence electrons. The highest BCUT2D eigenvalue weighted by molar-refractivity contribution is 6.05. The van der Waals surface area contributed by atoms with Crippen molar-refractivity contribution in [3.05, 3.63) is 53.0 Å². The Morgan fingerprint density at radius 3 is 2.47 bits per heavy atom. The normalized spacial score (nSPS) is 10.2. The lowest BCUT2D eigenvalue weighted by Gasteiger charge is -2.08. The highest BCUT2D eigenvalue weighted by Crippen LogP contribution is 2.18. The van der Waals surface area contributed by atoms with Gasteiger partial charge in [0.25, 0.3) is 5.91 Å². The standard InChI is InChI=1S/C14H13NO4/c1-8-7-10(14(17)18)3-4-12(8)15-13(16)11-5-6-19-9(11)2/h3-7H,1-2H3,(H,15,16)(H,17,18). The average molecular weight is 259 g/mol. The minimum absolute atomic E-state index is 0.190. The fraction of sp³-hybridized carbons (Fsp3) is 0.143. The van der Waals surface area contributed by atoms with Crippen LogP contribution in [0.5, 0.6) is 0 Å². The summed E-state index contributed by atoms with van der Waals surface area (Å²) in [6, 6.07) is 6.13. The molecule has 0 aliphatic heterocycles. The second-order valence-corrected chi connectivity index (χ2v) is 4.18. The number of carbonyl (C=O) groups excluding carboxylic acids is 1. The van der Waals surface area contributed by atoms with Crippen LogP contribution in [-0.2, 0) is 0 Å². The molecular weight excluding hydrogens is 246 g/mol. The summed E-state index contributed by atoms with van der Waals surface area (Å²) in [7, 11) is 0. The van der Waals surface area contributed by atoms with Gasteiger partial charge < -0.3 is 14.8 Å². The number of carboxylic acid groups (broad SMARTS) is 1. The lowest BCUT2D eigenvalue weighted by Crippen LogP contribution is -2.13. The van der Waals surface area contributed by atoms with Crippen molar-refractivity contribution in [3.63, 3.8) is 0 Å². The topological polar surface area (TPSA) is 79.5 Å². The summed E-state index contributed by atoms with van der Waals surface area (Å²) in [6.45, 7) is 3.44. The predicted molar refractivity (Wildman–Crippen MR) is 69.5 cm³/mol. The zero-order valence-corrected chi connectivity index (χ0v) is 10.6. The maximum atomic E-state index is 12.0. The number of hydrogen-bond acceptors (Lipinski definition) is 3. The Bertz CT molecular complexity index is 643. The van der Waals surface area contributed by atoms with Gasteiger partial charge in [-0.15, -0.1) is 0 Å². The van der Waals surface area contributed by atoms with Crippen LogP contribution in [0, 0.1) is 13.8 Å². The van der Waals surface area contributed by atoms with E-state index in [1.165, 1.54) is 18.4 Å². The van der Waals surface area contributed by atoms with Crippen molar-refractivity contribution in [2.75, 3.05) is 5.32 Å². The third kappa shape index (κ3) is 2.65. The molecule has 2 N–H and O–H groups in total. The van der Waals surface area contributed by atoms with Crippen LogP contribution in [0.4, 0.5) is 5.69 Å². The van der Waals surface area contributed by atoms with Gasteiger partial charge in [0, 0.05) is 5.69 Å². The van der Waals surface area contributed by atoms with Gasteiger partial charge in [-0.2, -0.15) is 0 Å². The molecule has 1 amide bonds. The van der Waals surface area contributed by atoms with Crippen molar-refractivity contribution < 1.29 is 19.1 Å². The summed E-state index contributed by atoms with van der Waals surface area (Å²) in [6.07, 6.45) is 1.45. The van der Waals surface area contributed by atoms with Gasteiger partial charge in [-0.3, -0.25) is 4.79 Å². The minimum atomic E-state index is -0.994. The molecule has 0 spiro atoms. The largest absolute Gasteiger partial charge is 0.478 e. The Morgan fingerprint density at radius 1 is 1.21 bits per heavy atom. The summed E-state index contributed by atoms with van der Waals surface area (Å²) in [5.74, 6) is -0.735. The predicted octanol–water partition coefficient (Wildman–Crippen LogP) is 2.85. The second kappa shape index (κ2) is 4.97. The molecule has 2 aromatic rings. The molecule has 0 saturated heterocycles. The van der Waals surface area contributed by atoms with E-state index in [1.54, 1.807) is 26.0 Å². The number of nitrogens with one attached hydrogen (secondary N) is 1. The Kier molecular flexibility index (Phi) is 3.37. The van der Waals surface area contributed by atoms with Crippen molar-refractivity contribution >= 4 is 17.6 Å². The molecular formula is C14H13NO4. The van der Waals surface area contributed by atoms with E-state index in [0.717, 1.165) is 0 Å². The number of benzene rings is 1. The van der Waals surface area contributed by atoms with Crippen LogP contribution in [0.2, 0.25) is 0 Å². The Balaban J connectivity index is 2.23. The van der Waals surface area contributed by atoms with Gasteiger partial charge in [-0.25, -0.2) is 4.79 Å². The first-order valence-electron chi connectivity index (χ1n) is 5.68. The van der Waals surface area contributed by atoms with Crippen molar-refractivity contribution in [2.45, 2.75) is 13.8 Å². The first kappa shape index (κ1) is 12.9. The molecule has 1 aromatic heterocycles. The van der Waals surface area contributed by atoms with E-state index in [1.807, 2.05) is 0 Å². The average Bonchev–Trinajstić information content (AvgIpc) is 2.77. The van der Waals surface area contributed by atoms with Crippen molar-refractivity contribution in [1.82, 2.24) is 0 Å². The van der Waals surface area contributed by atoms with Gasteiger partial charge in [0.2, 0.25) is 0 Å². The van der Waals surface area contributed by atoms with E-state index in [4.69, 9.17) is 9.52 Å². The summed E-state index contributed by atoms with van der Waals surface area (Å²) in [5.41, 5.74) is 1.92. The molecule has 1 aromatic carbocycles. The number of hydrogen-bond donors (Lipinski definition) is 2. The Labute approximate surface area is 109 Å². The highest BCUT2D eigenvalue weighted by Gasteiger charge is 2.13. The van der Waals surface area contributed by atoms with E-state index in [2.05, 4.69) is 5.32 Å². The monoisotopic (exact) mass is 259 g/mol. The summed E-state index contributed by atoms with van der Waals surface area (Å²) < 4.78 is 5.07. The molecule has 0 bridgehead atoms. The first-order valence-corrected chi connectivity index (χ1v) is 5.68. The molecule has 0 atom stereocenters. The quantitative estimate of drug-likeness (QED) is 0.888. The van der Waals surface area contributed by atoms with Crippen molar-refractivity contribution in [2.24, 2.45) is 0 Å². The van der Waals surface area contributed by atoms with E-state index in [9.17, 15) is 9.59 Å². The number of carbonyl (C=O) groups is 2. The summed E-state index contributed by atoms with van der Waals surface area (Å²) in [4.78, 5) is 22.8. The third-order valence-electron chi connectivity index (χ3n) is 2.83. The number of carboxylic acids is 1. The molecule has 0 radical (unpaired) electrons. The SMILES string of the molecule is Cc1cc(C(=O)O)ccc1NC(=O)c1ccoc1C. The van der Waals surface area contributed by atoms with Gasteiger partial charge in [0.05, 0.1) is 17.4 Å². The molecule has 0 aliphatic carbocycles. The van der Waals surface area contributed by atoms with Gasteiger partial charge in [-0.05, 0) is 43.7 Å². The molecule has 0 fully saturated rings. The fourth-order valence-electron chi connectivity index (χ4n) is 1.75. The van der Waals surface area contributed by atoms with Crippen LogP contribution in [0.25, 0.3) is 0 Å². The molecule has 5 heteroatoms. The summed E-state index contributed by atoms with van der Waals surface area (Å²) in [5, 5.41) is 11.6. The van der Waals surface area contributed by atoms with Crippen LogP contribution in [0.1, 0.15) is 32.0 Å². The maximum Gasteiger partial charge on any atom is 0.335 e. The van der Waals surface area contributed by atoms with Gasteiger partial charge >= 0.3 is 5.97 Å². The smallest absolute Gasteiger partial charge is 0.335 e. The maximum absolute atomic E-state index is 12.0. The van der Waals surface area contributed by atoms with E-state index in [0.29, 0.717) is 22.6 Å². The highest BCUT2D eigenvalue weighted by atomic mass is 16.4. The van der Waals surface area contributed by atoms with Crippen LogP contribution in [0.15, 0.2) is 34.9 Å². The number of aryl methyl sites for hydroxylation is 2. The van der Waals surface area contributed by atoms with Crippen LogP contribution >= 0.6 is 0 Å². The molecule has 5 nitrogen and oxygen atoms in total. The second-order valence-electron chi connectivity index (χ2n) is 4.18. The third-order valence-corrected chi connectivity index (χ3v) is 2.83. The molecule has 0 aliphatic rings. The van der Waals surface area contributed by atoms with Crippen LogP contribution < -0.4 is 5.32 Å². The van der Waals surface area contributed by atoms with Crippen molar-refractivity contribution in [1.29, 1.82) is 0 Å². The minimum Gasteiger partial charge on any atom is -0.478 e. The van der Waals surface area contributed by atoms with E-state index in [-0.39, 0.29) is 11.5 Å². The first-order chi connectivity index (χ1) is 8.99. The lowest BCUT2D eigenvalue weighted by molar-refractivity contribution is 0.0696. The Hall–Kier alpha value is -2.56. The van der Waals surface area contributed by atoms with E-state index >= 15 is 0 Å². The van der Waals surface area contributed by atoms with Crippen molar-refractivity contribution in [3.8, 4) is 0 Å². The molecule has 2 rings (SSSR count). The number of anilines is 1. The lowest BCUT2D eigenvalue weighted by atomic mass is 10.1. The molecule has 1 heterocycles. The van der Waals surface area contributed by atoms with Gasteiger partial charge in [0.15, 0.2) is 0 Å². The van der Waals surface area contributed by atoms with Gasteiger partial charge in [-0.1, -0.05) is 0 Å². The number of furan rings is 1.